The van der Waals surface area contributed by atoms with E-state index in [0.29, 0.717) is 21.8 Å². The number of amides is 3. The van der Waals surface area contributed by atoms with Gasteiger partial charge in [-0.05, 0) is 36.4 Å². The number of carbonyl (C=O) groups is 2. The smallest absolute Gasteiger partial charge is 0.323 e. The van der Waals surface area contributed by atoms with Gasteiger partial charge in [0.25, 0.3) is 5.91 Å². The van der Waals surface area contributed by atoms with Crippen LogP contribution >= 0.6 is 11.3 Å². The number of rotatable bonds is 3. The molecule has 1 aliphatic rings. The van der Waals surface area contributed by atoms with E-state index in [1.807, 2.05) is 6.07 Å². The van der Waals surface area contributed by atoms with Gasteiger partial charge in [0.1, 0.15) is 5.75 Å². The Morgan fingerprint density at radius 3 is 2.88 bits per heavy atom. The number of aromatic hydroxyl groups is 1. The van der Waals surface area contributed by atoms with Crippen molar-refractivity contribution in [3.05, 3.63) is 48.2 Å². The Morgan fingerprint density at radius 2 is 2.12 bits per heavy atom. The molecule has 3 amide bonds. The van der Waals surface area contributed by atoms with Gasteiger partial charge in [-0.1, -0.05) is 23.2 Å². The van der Waals surface area contributed by atoms with Crippen molar-refractivity contribution in [1.82, 2.24) is 20.2 Å². The third-order valence-electron chi connectivity index (χ3n) is 5.24. The zero-order chi connectivity index (χ0) is 22.5. The summed E-state index contributed by atoms with van der Waals surface area (Å²) in [6.45, 7) is -0.0872. The SMILES string of the molecule is COc1ccc2cn(C[C@@]3(C#Cc4ccc5nc(N)sc5c4)NC(=O)NC3=O)c(O)c2c1. The van der Waals surface area contributed by atoms with Gasteiger partial charge >= 0.3 is 6.03 Å². The highest BCUT2D eigenvalue weighted by Crippen LogP contribution is 2.32. The summed E-state index contributed by atoms with van der Waals surface area (Å²) < 4.78 is 7.57. The van der Waals surface area contributed by atoms with Crippen LogP contribution in [-0.4, -0.2) is 39.2 Å². The van der Waals surface area contributed by atoms with Crippen LogP contribution in [0, 0.1) is 11.8 Å². The van der Waals surface area contributed by atoms with E-state index in [2.05, 4.69) is 27.5 Å². The number of nitrogens with zero attached hydrogens (tertiary/aromatic N) is 2. The molecule has 2 aromatic heterocycles. The van der Waals surface area contributed by atoms with E-state index in [1.54, 1.807) is 36.5 Å². The average molecular weight is 447 g/mol. The quantitative estimate of drug-likeness (QED) is 0.281. The van der Waals surface area contributed by atoms with Gasteiger partial charge in [-0.25, -0.2) is 9.78 Å². The van der Waals surface area contributed by atoms with Gasteiger partial charge < -0.3 is 25.5 Å². The van der Waals surface area contributed by atoms with E-state index < -0.39 is 17.5 Å². The normalized spacial score (nSPS) is 17.8. The summed E-state index contributed by atoms with van der Waals surface area (Å²) in [4.78, 5) is 28.9. The van der Waals surface area contributed by atoms with Gasteiger partial charge in [-0.15, -0.1) is 0 Å². The summed E-state index contributed by atoms with van der Waals surface area (Å²) in [7, 11) is 1.54. The van der Waals surface area contributed by atoms with E-state index in [1.165, 1.54) is 23.0 Å². The van der Waals surface area contributed by atoms with Crippen LogP contribution in [-0.2, 0) is 11.3 Å². The van der Waals surface area contributed by atoms with E-state index >= 15 is 0 Å². The minimum atomic E-state index is -1.56. The first-order chi connectivity index (χ1) is 15.4. The first-order valence-corrected chi connectivity index (χ1v) is 10.4. The highest BCUT2D eigenvalue weighted by atomic mass is 32.1. The summed E-state index contributed by atoms with van der Waals surface area (Å²) in [5.41, 5.74) is 5.60. The molecule has 0 spiro atoms. The standard InChI is InChI=1S/C22H17N5O4S/c1-31-14-4-3-13-10-27(18(28)15(13)9-14)11-22(19(29)25-21(30)26-22)7-6-12-2-5-16-17(8-12)32-20(23)24-16/h2-5,8-10,28H,11H2,1H3,(H2,23,24)(H2,25,26,29,30)/t22-/m1/s1. The number of hydrogen-bond donors (Lipinski definition) is 4. The number of anilines is 1. The first-order valence-electron chi connectivity index (χ1n) is 9.55. The fraction of sp³-hybridized carbons (Fsp3) is 0.136. The molecule has 0 saturated carbocycles. The van der Waals surface area contributed by atoms with Crippen LogP contribution in [0.3, 0.4) is 0 Å². The fourth-order valence-corrected chi connectivity index (χ4v) is 4.43. The third kappa shape index (κ3) is 3.25. The molecule has 1 atom stereocenters. The van der Waals surface area contributed by atoms with Crippen LogP contribution in [0.5, 0.6) is 11.6 Å². The van der Waals surface area contributed by atoms with E-state index in [4.69, 9.17) is 10.5 Å². The molecule has 4 aromatic rings. The maximum atomic E-state index is 12.7. The average Bonchev–Trinajstić information content (AvgIpc) is 3.38. The predicted octanol–water partition coefficient (Wildman–Crippen LogP) is 2.18. The molecule has 1 fully saturated rings. The molecule has 1 aliphatic heterocycles. The zero-order valence-corrected chi connectivity index (χ0v) is 17.6. The highest BCUT2D eigenvalue weighted by molar-refractivity contribution is 7.22. The van der Waals surface area contributed by atoms with Crippen molar-refractivity contribution in [2.75, 3.05) is 12.8 Å². The van der Waals surface area contributed by atoms with Gasteiger partial charge in [0.05, 0.1) is 23.9 Å². The largest absolute Gasteiger partial charge is 0.497 e. The van der Waals surface area contributed by atoms with E-state index in [0.717, 1.165) is 15.6 Å². The Kier molecular flexibility index (Phi) is 4.42. The second kappa shape index (κ2) is 7.18. The number of benzene rings is 2. The molecule has 0 unspecified atom stereocenters. The van der Waals surface area contributed by atoms with Crippen LogP contribution in [0.25, 0.3) is 21.0 Å². The van der Waals surface area contributed by atoms with Crippen molar-refractivity contribution >= 4 is 49.4 Å². The summed E-state index contributed by atoms with van der Waals surface area (Å²) in [5, 5.41) is 17.4. The van der Waals surface area contributed by atoms with E-state index in [9.17, 15) is 14.7 Å². The topological polar surface area (TPSA) is 131 Å². The zero-order valence-electron chi connectivity index (χ0n) is 16.8. The first kappa shape index (κ1) is 19.7. The van der Waals surface area contributed by atoms with Crippen LogP contribution < -0.4 is 21.1 Å². The summed E-state index contributed by atoms with van der Waals surface area (Å²) in [6, 6.07) is 10.0. The summed E-state index contributed by atoms with van der Waals surface area (Å²) >= 11 is 1.34. The number of urea groups is 1. The van der Waals surface area contributed by atoms with Crippen molar-refractivity contribution in [3.8, 4) is 23.5 Å². The van der Waals surface area contributed by atoms with E-state index in [-0.39, 0.29) is 12.4 Å². The lowest BCUT2D eigenvalue weighted by Crippen LogP contribution is -2.49. The van der Waals surface area contributed by atoms with Crippen molar-refractivity contribution in [1.29, 1.82) is 0 Å². The lowest BCUT2D eigenvalue weighted by atomic mass is 10.00. The number of aromatic nitrogens is 2. The Hall–Kier alpha value is -4.23. The molecule has 160 valence electrons. The van der Waals surface area contributed by atoms with Crippen LogP contribution in [0.15, 0.2) is 42.6 Å². The number of hydrogen-bond acceptors (Lipinski definition) is 7. The molecular formula is C22H17N5O4S. The third-order valence-corrected chi connectivity index (χ3v) is 6.09. The van der Waals surface area contributed by atoms with Gasteiger partial charge in [-0.2, -0.15) is 0 Å². The number of fused-ring (bicyclic) bond motifs is 2. The van der Waals surface area contributed by atoms with Gasteiger partial charge in [0, 0.05) is 22.5 Å². The molecule has 1 saturated heterocycles. The summed E-state index contributed by atoms with van der Waals surface area (Å²) in [6.07, 6.45) is 1.69. The Labute approximate surface area is 185 Å². The minimum Gasteiger partial charge on any atom is -0.497 e. The lowest BCUT2D eigenvalue weighted by molar-refractivity contribution is -0.122. The summed E-state index contributed by atoms with van der Waals surface area (Å²) in [5.74, 6) is 5.82. The van der Waals surface area contributed by atoms with Gasteiger partial charge in [0.15, 0.2) is 11.0 Å². The lowest BCUT2D eigenvalue weighted by Gasteiger charge is -2.20. The second-order valence-electron chi connectivity index (χ2n) is 7.33. The maximum absolute atomic E-state index is 12.7. The number of ether oxygens (including phenoxy) is 1. The number of nitrogens with one attached hydrogen (secondary N) is 2. The molecule has 5 N–H and O–H groups in total. The molecule has 0 radical (unpaired) electrons. The molecule has 9 nitrogen and oxygen atoms in total. The molecular weight excluding hydrogens is 430 g/mol. The second-order valence-corrected chi connectivity index (χ2v) is 8.39. The minimum absolute atomic E-state index is 0.0596. The number of nitrogens with two attached hydrogens (primary N) is 1. The van der Waals surface area contributed by atoms with Crippen molar-refractivity contribution in [3.63, 3.8) is 0 Å². The number of imide groups is 1. The Morgan fingerprint density at radius 1 is 1.28 bits per heavy atom. The monoisotopic (exact) mass is 447 g/mol. The fourth-order valence-electron chi connectivity index (χ4n) is 3.66. The van der Waals surface area contributed by atoms with Crippen LogP contribution in [0.1, 0.15) is 5.56 Å². The van der Waals surface area contributed by atoms with Gasteiger partial charge in [-0.3, -0.25) is 10.1 Å². The molecule has 2 aromatic carbocycles. The number of methoxy groups -OCH3 is 1. The molecule has 10 heteroatoms. The maximum Gasteiger partial charge on any atom is 0.323 e. The van der Waals surface area contributed by atoms with Crippen LogP contribution in [0.4, 0.5) is 9.93 Å². The molecule has 0 aliphatic carbocycles. The predicted molar refractivity (Wildman–Crippen MR) is 120 cm³/mol. The molecule has 32 heavy (non-hydrogen) atoms. The Balaban J connectivity index is 1.55. The number of carbonyl (C=O) groups excluding carboxylic acids is 2. The molecule has 3 heterocycles. The highest BCUT2D eigenvalue weighted by Gasteiger charge is 2.46. The van der Waals surface area contributed by atoms with Gasteiger partial charge in [0.2, 0.25) is 5.54 Å². The molecule has 0 bridgehead atoms. The van der Waals surface area contributed by atoms with Crippen molar-refractivity contribution in [2.45, 2.75) is 12.1 Å². The number of nitrogen functional groups attached to an aromatic ring is 1. The van der Waals surface area contributed by atoms with Crippen molar-refractivity contribution < 1.29 is 19.4 Å². The Bertz CT molecular complexity index is 1480. The van der Waals surface area contributed by atoms with Crippen molar-refractivity contribution in [2.24, 2.45) is 0 Å². The van der Waals surface area contributed by atoms with Crippen LogP contribution in [0.2, 0.25) is 0 Å². The molecule has 5 rings (SSSR count). The number of thiazole rings is 1.